The molecule has 1 amide bonds. The lowest BCUT2D eigenvalue weighted by Gasteiger charge is -2.07. The van der Waals surface area contributed by atoms with Gasteiger partial charge in [-0.05, 0) is 24.6 Å². The number of benzene rings is 1. The Kier molecular flexibility index (Phi) is 3.82. The third kappa shape index (κ3) is 2.92. The molecule has 2 aromatic rings. The van der Waals surface area contributed by atoms with Gasteiger partial charge in [-0.25, -0.2) is 10.2 Å². The first-order valence-electron chi connectivity index (χ1n) is 5.58. The molecule has 1 aromatic heterocycles. The molecule has 1 aromatic carbocycles. The summed E-state index contributed by atoms with van der Waals surface area (Å²) >= 11 is 0. The van der Waals surface area contributed by atoms with Gasteiger partial charge in [-0.2, -0.15) is 0 Å². The molecule has 2 rings (SSSR count). The fourth-order valence-electron chi connectivity index (χ4n) is 1.54. The molecule has 3 N–H and O–H groups in total. The van der Waals surface area contributed by atoms with Crippen molar-refractivity contribution in [3.8, 4) is 5.75 Å². The largest absolute Gasteiger partial charge is 0.489 e. The van der Waals surface area contributed by atoms with Gasteiger partial charge < -0.3 is 9.15 Å². The normalized spacial score (nSPS) is 10.3. The number of carbonyl (C=O) groups is 1. The molecule has 0 bridgehead atoms. The maximum absolute atomic E-state index is 13.3. The molecular formula is C13H13FN2O3. The minimum absolute atomic E-state index is 0.0788. The van der Waals surface area contributed by atoms with Crippen LogP contribution in [0, 0.1) is 12.7 Å². The highest BCUT2D eigenvalue weighted by molar-refractivity contribution is 5.92. The molecule has 0 unspecified atom stereocenters. The molecule has 0 aliphatic heterocycles. The summed E-state index contributed by atoms with van der Waals surface area (Å²) in [7, 11) is 0. The number of nitrogen functional groups attached to an aromatic ring is 1. The standard InChI is InChI=1S/C13H13FN2O3/c1-8-2-3-10(6-11(8)14)19-7-9-4-5-18-12(9)13(17)16-15/h2-6H,7,15H2,1H3,(H,16,17). The summed E-state index contributed by atoms with van der Waals surface area (Å²) in [6.45, 7) is 1.75. The predicted molar refractivity (Wildman–Crippen MR) is 65.8 cm³/mol. The molecule has 5 nitrogen and oxygen atoms in total. The number of furan rings is 1. The number of aryl methyl sites for hydroxylation is 1. The Hall–Kier alpha value is -2.34. The van der Waals surface area contributed by atoms with Gasteiger partial charge >= 0.3 is 5.91 Å². The first-order chi connectivity index (χ1) is 9.11. The number of hydrazine groups is 1. The average molecular weight is 264 g/mol. The molecule has 0 radical (unpaired) electrons. The molecule has 19 heavy (non-hydrogen) atoms. The SMILES string of the molecule is Cc1ccc(OCc2ccoc2C(=O)NN)cc1F. The molecule has 0 saturated carbocycles. The van der Waals surface area contributed by atoms with E-state index < -0.39 is 5.91 Å². The van der Waals surface area contributed by atoms with Crippen molar-refractivity contribution >= 4 is 5.91 Å². The number of carbonyl (C=O) groups excluding carboxylic acids is 1. The number of hydrogen-bond acceptors (Lipinski definition) is 4. The van der Waals surface area contributed by atoms with Crippen LogP contribution < -0.4 is 16.0 Å². The van der Waals surface area contributed by atoms with Crippen LogP contribution in [0.4, 0.5) is 4.39 Å². The second-order valence-corrected chi connectivity index (χ2v) is 3.95. The van der Waals surface area contributed by atoms with Gasteiger partial charge in [0.1, 0.15) is 18.2 Å². The van der Waals surface area contributed by atoms with Crippen molar-refractivity contribution in [1.29, 1.82) is 0 Å². The smallest absolute Gasteiger partial charge is 0.301 e. The molecule has 100 valence electrons. The number of hydrogen-bond donors (Lipinski definition) is 2. The lowest BCUT2D eigenvalue weighted by atomic mass is 10.2. The van der Waals surface area contributed by atoms with Crippen molar-refractivity contribution in [2.45, 2.75) is 13.5 Å². The van der Waals surface area contributed by atoms with E-state index in [1.165, 1.54) is 12.3 Å². The van der Waals surface area contributed by atoms with Gasteiger partial charge in [0.05, 0.1) is 6.26 Å². The fourth-order valence-corrected chi connectivity index (χ4v) is 1.54. The Labute approximate surface area is 109 Å². The van der Waals surface area contributed by atoms with Crippen LogP contribution in [0.15, 0.2) is 34.9 Å². The summed E-state index contributed by atoms with van der Waals surface area (Å²) in [6, 6.07) is 6.15. The summed E-state index contributed by atoms with van der Waals surface area (Å²) in [5, 5.41) is 0. The zero-order chi connectivity index (χ0) is 13.8. The second-order valence-electron chi connectivity index (χ2n) is 3.95. The first kappa shape index (κ1) is 13.1. The zero-order valence-corrected chi connectivity index (χ0v) is 10.3. The van der Waals surface area contributed by atoms with E-state index in [4.69, 9.17) is 15.0 Å². The molecule has 1 heterocycles. The molecular weight excluding hydrogens is 251 g/mol. The van der Waals surface area contributed by atoms with Crippen LogP contribution in [0.5, 0.6) is 5.75 Å². The van der Waals surface area contributed by atoms with Crippen LogP contribution in [0.25, 0.3) is 0 Å². The van der Waals surface area contributed by atoms with Gasteiger partial charge in [-0.15, -0.1) is 0 Å². The highest BCUT2D eigenvalue weighted by atomic mass is 19.1. The average Bonchev–Trinajstić information content (AvgIpc) is 2.87. The Morgan fingerprint density at radius 2 is 2.26 bits per heavy atom. The number of nitrogens with two attached hydrogens (primary N) is 1. The van der Waals surface area contributed by atoms with E-state index in [1.54, 1.807) is 25.1 Å². The highest BCUT2D eigenvalue weighted by Crippen LogP contribution is 2.18. The number of halogens is 1. The van der Waals surface area contributed by atoms with E-state index >= 15 is 0 Å². The molecule has 6 heteroatoms. The van der Waals surface area contributed by atoms with Crippen molar-refractivity contribution in [3.63, 3.8) is 0 Å². The summed E-state index contributed by atoms with van der Waals surface area (Å²) in [6.07, 6.45) is 1.36. The minimum Gasteiger partial charge on any atom is -0.489 e. The van der Waals surface area contributed by atoms with Crippen molar-refractivity contribution < 1.29 is 18.3 Å². The van der Waals surface area contributed by atoms with Gasteiger partial charge in [0.2, 0.25) is 0 Å². The Bertz CT molecular complexity index is 595. The van der Waals surface area contributed by atoms with Crippen LogP contribution in [-0.4, -0.2) is 5.91 Å². The quantitative estimate of drug-likeness (QED) is 0.502. The van der Waals surface area contributed by atoms with Crippen LogP contribution in [0.1, 0.15) is 21.7 Å². The third-order valence-corrected chi connectivity index (χ3v) is 2.62. The van der Waals surface area contributed by atoms with Crippen LogP contribution >= 0.6 is 0 Å². The molecule has 0 aliphatic carbocycles. The van der Waals surface area contributed by atoms with E-state index in [0.29, 0.717) is 16.9 Å². The number of ether oxygens (including phenoxy) is 1. The van der Waals surface area contributed by atoms with Crippen molar-refractivity contribution in [1.82, 2.24) is 5.43 Å². The van der Waals surface area contributed by atoms with Crippen LogP contribution in [-0.2, 0) is 6.61 Å². The third-order valence-electron chi connectivity index (χ3n) is 2.62. The van der Waals surface area contributed by atoms with Crippen molar-refractivity contribution in [3.05, 3.63) is 53.2 Å². The first-order valence-corrected chi connectivity index (χ1v) is 5.58. The zero-order valence-electron chi connectivity index (χ0n) is 10.3. The van der Waals surface area contributed by atoms with E-state index in [1.807, 2.05) is 5.43 Å². The van der Waals surface area contributed by atoms with Crippen LogP contribution in [0.2, 0.25) is 0 Å². The second kappa shape index (κ2) is 5.53. The van der Waals surface area contributed by atoms with E-state index in [9.17, 15) is 9.18 Å². The predicted octanol–water partition coefficient (Wildman–Crippen LogP) is 1.91. The number of nitrogens with one attached hydrogen (secondary N) is 1. The summed E-state index contributed by atoms with van der Waals surface area (Å²) in [5.74, 6) is 4.60. The maximum Gasteiger partial charge on any atom is 0.301 e. The van der Waals surface area contributed by atoms with Crippen molar-refractivity contribution in [2.24, 2.45) is 5.84 Å². The van der Waals surface area contributed by atoms with Gasteiger partial charge in [0, 0.05) is 11.6 Å². The summed E-state index contributed by atoms with van der Waals surface area (Å²) in [5.41, 5.74) is 3.05. The Balaban J connectivity index is 2.08. The Morgan fingerprint density at radius 3 is 2.95 bits per heavy atom. The summed E-state index contributed by atoms with van der Waals surface area (Å²) < 4.78 is 23.7. The lowest BCUT2D eigenvalue weighted by Crippen LogP contribution is -2.30. The van der Waals surface area contributed by atoms with E-state index in [0.717, 1.165) is 0 Å². The minimum atomic E-state index is -0.543. The molecule has 0 fully saturated rings. The number of amides is 1. The van der Waals surface area contributed by atoms with Gasteiger partial charge in [-0.1, -0.05) is 6.07 Å². The molecule has 0 aliphatic rings. The lowest BCUT2D eigenvalue weighted by molar-refractivity contribution is 0.0922. The molecule has 0 spiro atoms. The topological polar surface area (TPSA) is 77.5 Å². The van der Waals surface area contributed by atoms with E-state index in [2.05, 4.69) is 0 Å². The fraction of sp³-hybridized carbons (Fsp3) is 0.154. The number of rotatable bonds is 4. The van der Waals surface area contributed by atoms with Crippen LogP contribution in [0.3, 0.4) is 0 Å². The van der Waals surface area contributed by atoms with Gasteiger partial charge in [0.15, 0.2) is 5.76 Å². The molecule has 0 saturated heterocycles. The van der Waals surface area contributed by atoms with Gasteiger partial charge in [0.25, 0.3) is 0 Å². The Morgan fingerprint density at radius 1 is 1.47 bits per heavy atom. The van der Waals surface area contributed by atoms with E-state index in [-0.39, 0.29) is 18.2 Å². The van der Waals surface area contributed by atoms with Gasteiger partial charge in [-0.3, -0.25) is 10.2 Å². The summed E-state index contributed by atoms with van der Waals surface area (Å²) in [4.78, 5) is 11.4. The molecule has 0 atom stereocenters. The highest BCUT2D eigenvalue weighted by Gasteiger charge is 2.14. The monoisotopic (exact) mass is 264 g/mol. The maximum atomic E-state index is 13.3. The van der Waals surface area contributed by atoms with Crippen molar-refractivity contribution in [2.75, 3.05) is 0 Å².